The first-order chi connectivity index (χ1) is 11.5. The Bertz CT molecular complexity index is 364. The summed E-state index contributed by atoms with van der Waals surface area (Å²) in [4.78, 5) is 32.0. The molecule has 0 saturated heterocycles. The van der Waals surface area contributed by atoms with Gasteiger partial charge in [0.2, 0.25) is 5.91 Å². The van der Waals surface area contributed by atoms with E-state index < -0.39 is 12.1 Å². The van der Waals surface area contributed by atoms with Crippen molar-refractivity contribution < 1.29 is 34.1 Å². The number of ether oxygens (including phenoxy) is 2. The third-order valence-electron chi connectivity index (χ3n) is 3.01. The summed E-state index contributed by atoms with van der Waals surface area (Å²) in [6, 6.07) is 0. The van der Waals surface area contributed by atoms with Crippen LogP contribution in [0.3, 0.4) is 0 Å². The van der Waals surface area contributed by atoms with E-state index in [1.807, 2.05) is 0 Å². The van der Waals surface area contributed by atoms with E-state index in [-0.39, 0.29) is 18.9 Å². The highest BCUT2D eigenvalue weighted by Gasteiger charge is 2.01. The SMILES string of the molecule is O=C(O)CCCCCCC(=O)NCCOCCOCCNC(=O)O. The number of hydrogen-bond donors (Lipinski definition) is 4. The highest BCUT2D eigenvalue weighted by atomic mass is 16.5. The van der Waals surface area contributed by atoms with Crippen molar-refractivity contribution in [3.8, 4) is 0 Å². The third-order valence-corrected chi connectivity index (χ3v) is 3.01. The van der Waals surface area contributed by atoms with Gasteiger partial charge in [0, 0.05) is 25.9 Å². The van der Waals surface area contributed by atoms with Crippen molar-refractivity contribution in [1.29, 1.82) is 0 Å². The van der Waals surface area contributed by atoms with E-state index >= 15 is 0 Å². The van der Waals surface area contributed by atoms with Gasteiger partial charge in [-0.25, -0.2) is 4.79 Å². The fourth-order valence-corrected chi connectivity index (χ4v) is 1.82. The number of rotatable bonds is 16. The van der Waals surface area contributed by atoms with E-state index in [4.69, 9.17) is 19.7 Å². The monoisotopic (exact) mass is 348 g/mol. The van der Waals surface area contributed by atoms with Gasteiger partial charge in [0.1, 0.15) is 0 Å². The smallest absolute Gasteiger partial charge is 0.404 e. The molecule has 0 aliphatic heterocycles. The number of carbonyl (C=O) groups is 3. The van der Waals surface area contributed by atoms with Crippen molar-refractivity contribution in [1.82, 2.24) is 10.6 Å². The van der Waals surface area contributed by atoms with E-state index in [2.05, 4.69) is 10.6 Å². The van der Waals surface area contributed by atoms with Gasteiger partial charge < -0.3 is 30.3 Å². The lowest BCUT2D eigenvalue weighted by molar-refractivity contribution is -0.137. The van der Waals surface area contributed by atoms with E-state index in [1.54, 1.807) is 0 Å². The summed E-state index contributed by atoms with van der Waals surface area (Å²) in [5.41, 5.74) is 0. The van der Waals surface area contributed by atoms with Crippen molar-refractivity contribution in [3.63, 3.8) is 0 Å². The quantitative estimate of drug-likeness (QED) is 0.303. The molecule has 24 heavy (non-hydrogen) atoms. The number of aliphatic carboxylic acids is 1. The normalized spacial score (nSPS) is 10.3. The first-order valence-electron chi connectivity index (χ1n) is 8.13. The molecule has 140 valence electrons. The number of amides is 2. The molecule has 0 aromatic carbocycles. The minimum absolute atomic E-state index is 0.0344. The Morgan fingerprint density at radius 1 is 0.708 bits per heavy atom. The molecule has 0 bridgehead atoms. The van der Waals surface area contributed by atoms with Gasteiger partial charge in [0.25, 0.3) is 0 Å². The first-order valence-corrected chi connectivity index (χ1v) is 8.13. The molecule has 4 N–H and O–H groups in total. The van der Waals surface area contributed by atoms with Crippen LogP contribution >= 0.6 is 0 Å². The van der Waals surface area contributed by atoms with Gasteiger partial charge in [0.05, 0.1) is 26.4 Å². The Kier molecular flexibility index (Phi) is 14.8. The van der Waals surface area contributed by atoms with Gasteiger partial charge in [-0.05, 0) is 12.8 Å². The zero-order valence-corrected chi connectivity index (χ0v) is 13.9. The van der Waals surface area contributed by atoms with Crippen LogP contribution in [0.4, 0.5) is 4.79 Å². The fraction of sp³-hybridized carbons (Fsp3) is 0.800. The molecule has 9 heteroatoms. The fourth-order valence-electron chi connectivity index (χ4n) is 1.82. The maximum absolute atomic E-state index is 11.5. The topological polar surface area (TPSA) is 134 Å². The number of unbranched alkanes of at least 4 members (excludes halogenated alkanes) is 3. The first kappa shape index (κ1) is 22.1. The van der Waals surface area contributed by atoms with Crippen LogP contribution in [0.1, 0.15) is 38.5 Å². The Labute approximate surface area is 141 Å². The van der Waals surface area contributed by atoms with Crippen LogP contribution in [0.15, 0.2) is 0 Å². The minimum Gasteiger partial charge on any atom is -0.481 e. The Morgan fingerprint density at radius 3 is 1.79 bits per heavy atom. The molecular weight excluding hydrogens is 320 g/mol. The van der Waals surface area contributed by atoms with Gasteiger partial charge >= 0.3 is 12.1 Å². The van der Waals surface area contributed by atoms with E-state index in [0.717, 1.165) is 19.3 Å². The minimum atomic E-state index is -1.08. The molecule has 0 radical (unpaired) electrons. The molecule has 0 aliphatic carbocycles. The standard InChI is InChI=1S/C15H28N2O7/c18-13(5-3-1-2-4-6-14(19)20)16-7-9-23-11-12-24-10-8-17-15(21)22/h17H,1-12H2,(H,16,18)(H,19,20)(H,21,22). The number of carboxylic acid groups (broad SMARTS) is 2. The molecule has 0 saturated carbocycles. The van der Waals surface area contributed by atoms with Crippen LogP contribution in [0.25, 0.3) is 0 Å². The van der Waals surface area contributed by atoms with Gasteiger partial charge in [-0.2, -0.15) is 0 Å². The highest BCUT2D eigenvalue weighted by molar-refractivity contribution is 5.75. The van der Waals surface area contributed by atoms with Crippen LogP contribution in [0.2, 0.25) is 0 Å². The van der Waals surface area contributed by atoms with Crippen molar-refractivity contribution in [3.05, 3.63) is 0 Å². The average Bonchev–Trinajstić information content (AvgIpc) is 2.52. The lowest BCUT2D eigenvalue weighted by atomic mass is 10.1. The van der Waals surface area contributed by atoms with E-state index in [0.29, 0.717) is 45.8 Å². The molecule has 9 nitrogen and oxygen atoms in total. The molecule has 0 spiro atoms. The summed E-state index contributed by atoms with van der Waals surface area (Å²) in [7, 11) is 0. The second kappa shape index (κ2) is 16.0. The molecule has 2 amide bonds. The molecule has 0 atom stereocenters. The summed E-state index contributed by atoms with van der Waals surface area (Å²) >= 11 is 0. The second-order valence-electron chi connectivity index (χ2n) is 5.11. The summed E-state index contributed by atoms with van der Waals surface area (Å²) in [5.74, 6) is -0.817. The predicted octanol–water partition coefficient (Wildman–Crippen LogP) is 0.829. The predicted molar refractivity (Wildman–Crippen MR) is 86.0 cm³/mol. The maximum Gasteiger partial charge on any atom is 0.404 e. The number of nitrogens with one attached hydrogen (secondary N) is 2. The summed E-state index contributed by atoms with van der Waals surface area (Å²) < 4.78 is 10.4. The summed E-state index contributed by atoms with van der Waals surface area (Å²) in [6.07, 6.45) is 2.63. The lowest BCUT2D eigenvalue weighted by Crippen LogP contribution is -2.27. The molecule has 0 rings (SSSR count). The largest absolute Gasteiger partial charge is 0.481 e. The zero-order chi connectivity index (χ0) is 18.0. The van der Waals surface area contributed by atoms with Gasteiger partial charge in [0.15, 0.2) is 0 Å². The number of carbonyl (C=O) groups excluding carboxylic acids is 1. The van der Waals surface area contributed by atoms with Crippen molar-refractivity contribution in [2.24, 2.45) is 0 Å². The Hall–Kier alpha value is -1.87. The van der Waals surface area contributed by atoms with Gasteiger partial charge in [-0.3, -0.25) is 9.59 Å². The molecule has 0 aromatic heterocycles. The third kappa shape index (κ3) is 18.2. The second-order valence-corrected chi connectivity index (χ2v) is 5.11. The molecule has 0 heterocycles. The maximum atomic E-state index is 11.5. The van der Waals surface area contributed by atoms with Gasteiger partial charge in [-0.15, -0.1) is 0 Å². The van der Waals surface area contributed by atoms with Crippen LogP contribution < -0.4 is 10.6 Å². The Morgan fingerprint density at radius 2 is 1.25 bits per heavy atom. The molecule has 0 aliphatic rings. The van der Waals surface area contributed by atoms with Crippen LogP contribution in [-0.2, 0) is 19.1 Å². The lowest BCUT2D eigenvalue weighted by Gasteiger charge is -2.07. The van der Waals surface area contributed by atoms with E-state index in [9.17, 15) is 14.4 Å². The summed E-state index contributed by atoms with van der Waals surface area (Å²) in [6.45, 7) is 2.10. The van der Waals surface area contributed by atoms with Crippen LogP contribution in [0, 0.1) is 0 Å². The molecule has 0 fully saturated rings. The van der Waals surface area contributed by atoms with Gasteiger partial charge in [-0.1, -0.05) is 12.8 Å². The summed E-state index contributed by atoms with van der Waals surface area (Å²) in [5, 5.41) is 21.7. The number of hydrogen-bond acceptors (Lipinski definition) is 5. The number of carboxylic acids is 1. The van der Waals surface area contributed by atoms with Crippen molar-refractivity contribution in [2.45, 2.75) is 38.5 Å². The Balaban J connectivity index is 3.20. The van der Waals surface area contributed by atoms with E-state index in [1.165, 1.54) is 0 Å². The molecule has 0 aromatic rings. The zero-order valence-electron chi connectivity index (χ0n) is 13.9. The van der Waals surface area contributed by atoms with Crippen molar-refractivity contribution in [2.75, 3.05) is 39.5 Å². The van der Waals surface area contributed by atoms with Crippen molar-refractivity contribution >= 4 is 18.0 Å². The average molecular weight is 348 g/mol. The highest BCUT2D eigenvalue weighted by Crippen LogP contribution is 2.05. The van der Waals surface area contributed by atoms with Crippen LogP contribution in [0.5, 0.6) is 0 Å². The van der Waals surface area contributed by atoms with Crippen LogP contribution in [-0.4, -0.2) is 67.7 Å². The molecular formula is C15H28N2O7. The molecule has 0 unspecified atom stereocenters.